The van der Waals surface area contributed by atoms with Crippen LogP contribution in [0.25, 0.3) is 0 Å². The highest BCUT2D eigenvalue weighted by Gasteiger charge is 2.19. The number of benzene rings is 1. The van der Waals surface area contributed by atoms with E-state index in [0.717, 1.165) is 6.42 Å². The summed E-state index contributed by atoms with van der Waals surface area (Å²) in [5, 5.41) is 21.6. The molecule has 1 heterocycles. The molecule has 0 atom stereocenters. The van der Waals surface area contributed by atoms with Gasteiger partial charge < -0.3 is 9.93 Å². The van der Waals surface area contributed by atoms with Gasteiger partial charge in [-0.25, -0.2) is 9.38 Å². The van der Waals surface area contributed by atoms with Crippen LogP contribution in [0, 0.1) is 17.1 Å². The fourth-order valence-corrected chi connectivity index (χ4v) is 3.61. The highest BCUT2D eigenvalue weighted by atomic mass is 35.5. The Balaban J connectivity index is 1.74. The first-order chi connectivity index (χ1) is 13.1. The largest absolute Gasteiger partial charge is 0.364 e. The van der Waals surface area contributed by atoms with Crippen LogP contribution in [0.1, 0.15) is 49.8 Å². The van der Waals surface area contributed by atoms with Crippen LogP contribution >= 0.6 is 11.6 Å². The Morgan fingerprint density at radius 2 is 2.15 bits per heavy atom. The van der Waals surface area contributed by atoms with Crippen LogP contribution in [0.15, 0.2) is 34.0 Å². The monoisotopic (exact) mass is 392 g/mol. The molecule has 0 bridgehead atoms. The molecule has 0 radical (unpaired) electrons. The topological polar surface area (TPSA) is 94.5 Å². The third kappa shape index (κ3) is 5.14. The lowest BCUT2D eigenvalue weighted by molar-refractivity contribution is 0.234. The van der Waals surface area contributed by atoms with Crippen LogP contribution in [0.2, 0.25) is 5.02 Å². The van der Waals surface area contributed by atoms with Crippen molar-refractivity contribution in [1.29, 1.82) is 5.41 Å². The molecule has 1 aliphatic carbocycles. The molecule has 1 aliphatic rings. The van der Waals surface area contributed by atoms with Crippen LogP contribution < -0.4 is 5.48 Å². The Morgan fingerprint density at radius 1 is 1.37 bits per heavy atom. The molecule has 8 heteroatoms. The summed E-state index contributed by atoms with van der Waals surface area (Å²) in [5.41, 5.74) is 3.93. The number of nitrogens with zero attached hydrogens (tertiary/aromatic N) is 2. The summed E-state index contributed by atoms with van der Waals surface area (Å²) in [6.45, 7) is 0. The number of halogens is 2. The number of amidine groups is 1. The van der Waals surface area contributed by atoms with Crippen molar-refractivity contribution in [2.75, 3.05) is 0 Å². The Hall–Kier alpha value is -2.25. The number of aromatic nitrogens is 1. The predicted octanol–water partition coefficient (Wildman–Crippen LogP) is 5.06. The quantitative estimate of drug-likeness (QED) is 0.364. The second kappa shape index (κ2) is 9.10. The number of aliphatic imine (C=N–C) groups is 1. The molecule has 2 aromatic rings. The average Bonchev–Trinajstić information content (AvgIpc) is 3.11. The first kappa shape index (κ1) is 19.5. The fourth-order valence-electron chi connectivity index (χ4n) is 3.43. The van der Waals surface area contributed by atoms with Crippen molar-refractivity contribution in [3.05, 3.63) is 46.6 Å². The summed E-state index contributed by atoms with van der Waals surface area (Å²) in [5.74, 6) is 0.0688. The number of hydrogen-bond acceptors (Lipinski definition) is 5. The van der Waals surface area contributed by atoms with E-state index in [1.54, 1.807) is 0 Å². The highest BCUT2D eigenvalue weighted by Crippen LogP contribution is 2.27. The van der Waals surface area contributed by atoms with Gasteiger partial charge in [-0.1, -0.05) is 48.9 Å². The van der Waals surface area contributed by atoms with Crippen LogP contribution in [0.5, 0.6) is 0 Å². The molecule has 0 aliphatic heterocycles. The molecule has 0 spiro atoms. The molecule has 1 aromatic carbocycles. The highest BCUT2D eigenvalue weighted by molar-refractivity contribution is 6.31. The molecule has 0 saturated heterocycles. The summed E-state index contributed by atoms with van der Waals surface area (Å²) in [7, 11) is 0. The van der Waals surface area contributed by atoms with Gasteiger partial charge in [-0.3, -0.25) is 10.7 Å². The fraction of sp³-hybridized carbons (Fsp3) is 0.421. The van der Waals surface area contributed by atoms with Crippen molar-refractivity contribution in [2.45, 2.75) is 44.9 Å². The molecule has 1 saturated carbocycles. The molecule has 144 valence electrons. The van der Waals surface area contributed by atoms with Crippen LogP contribution in [0.3, 0.4) is 0 Å². The van der Waals surface area contributed by atoms with Crippen molar-refractivity contribution in [2.24, 2.45) is 10.9 Å². The molecule has 0 amide bonds. The van der Waals surface area contributed by atoms with Gasteiger partial charge >= 0.3 is 0 Å². The standard InChI is InChI=1S/C19H22ClFN4O2/c20-16-10-15(6-7-17(16)21)23-19(24-26)18-13(11-27-25-18)9-14(22)8-12-4-2-1-3-5-12/h6-7,10-12,22,26H,1-5,8-9H2,(H,23,24). The van der Waals surface area contributed by atoms with Gasteiger partial charge in [-0.2, -0.15) is 0 Å². The van der Waals surface area contributed by atoms with Gasteiger partial charge in [0.2, 0.25) is 0 Å². The Morgan fingerprint density at radius 3 is 2.85 bits per heavy atom. The molecular weight excluding hydrogens is 371 g/mol. The van der Waals surface area contributed by atoms with E-state index in [-0.39, 0.29) is 10.9 Å². The Labute approximate surface area is 161 Å². The third-order valence-corrected chi connectivity index (χ3v) is 5.07. The zero-order valence-electron chi connectivity index (χ0n) is 14.8. The maximum Gasteiger partial charge on any atom is 0.180 e. The summed E-state index contributed by atoms with van der Waals surface area (Å²) in [4.78, 5) is 4.22. The molecule has 3 N–H and O–H groups in total. The maximum atomic E-state index is 13.3. The lowest BCUT2D eigenvalue weighted by Crippen LogP contribution is -2.22. The van der Waals surface area contributed by atoms with Crippen molar-refractivity contribution >= 4 is 28.8 Å². The van der Waals surface area contributed by atoms with Crippen molar-refractivity contribution in [3.63, 3.8) is 0 Å². The maximum absolute atomic E-state index is 13.3. The van der Waals surface area contributed by atoms with Crippen LogP contribution in [-0.2, 0) is 6.42 Å². The van der Waals surface area contributed by atoms with E-state index in [0.29, 0.717) is 35.0 Å². The number of nitrogens with one attached hydrogen (secondary N) is 2. The summed E-state index contributed by atoms with van der Waals surface area (Å²) in [6.07, 6.45) is 8.70. The summed E-state index contributed by atoms with van der Waals surface area (Å²) in [6, 6.07) is 3.97. The van der Waals surface area contributed by atoms with Gasteiger partial charge in [-0.05, 0) is 30.5 Å². The van der Waals surface area contributed by atoms with Crippen molar-refractivity contribution < 1.29 is 14.1 Å². The van der Waals surface area contributed by atoms with E-state index in [9.17, 15) is 9.60 Å². The van der Waals surface area contributed by atoms with Gasteiger partial charge in [-0.15, -0.1) is 0 Å². The zero-order chi connectivity index (χ0) is 19.2. The predicted molar refractivity (Wildman–Crippen MR) is 102 cm³/mol. The lowest BCUT2D eigenvalue weighted by Gasteiger charge is -2.21. The summed E-state index contributed by atoms with van der Waals surface area (Å²) < 4.78 is 18.3. The van der Waals surface area contributed by atoms with Gasteiger partial charge in [0, 0.05) is 17.7 Å². The molecule has 6 nitrogen and oxygen atoms in total. The number of rotatable bonds is 6. The number of hydroxylamine groups is 1. The molecule has 1 aromatic heterocycles. The van der Waals surface area contributed by atoms with E-state index < -0.39 is 5.82 Å². The van der Waals surface area contributed by atoms with E-state index in [1.165, 1.54) is 56.6 Å². The second-order valence-corrected chi connectivity index (χ2v) is 7.25. The molecule has 27 heavy (non-hydrogen) atoms. The minimum atomic E-state index is -0.549. The molecule has 3 rings (SSSR count). The van der Waals surface area contributed by atoms with Crippen molar-refractivity contribution in [1.82, 2.24) is 10.6 Å². The Bertz CT molecular complexity index is 831. The minimum Gasteiger partial charge on any atom is -0.364 e. The molecular formula is C19H22ClFN4O2. The van der Waals surface area contributed by atoms with Gasteiger partial charge in [0.1, 0.15) is 12.1 Å². The molecule has 1 fully saturated rings. The minimum absolute atomic E-state index is 0.0480. The summed E-state index contributed by atoms with van der Waals surface area (Å²) >= 11 is 5.77. The average molecular weight is 393 g/mol. The first-order valence-corrected chi connectivity index (χ1v) is 9.38. The van der Waals surface area contributed by atoms with Gasteiger partial charge in [0.15, 0.2) is 11.5 Å². The van der Waals surface area contributed by atoms with Gasteiger partial charge in [0.05, 0.1) is 10.7 Å². The number of hydrogen-bond donors (Lipinski definition) is 3. The van der Waals surface area contributed by atoms with E-state index in [4.69, 9.17) is 21.5 Å². The normalized spacial score (nSPS) is 15.7. The molecule has 0 unspecified atom stereocenters. The first-order valence-electron chi connectivity index (χ1n) is 9.00. The van der Waals surface area contributed by atoms with E-state index in [1.807, 2.05) is 5.48 Å². The third-order valence-electron chi connectivity index (χ3n) is 4.78. The SMILES string of the molecule is N=C(Cc1conc1C(=Nc1ccc(F)c(Cl)c1)NO)CC1CCCCC1. The smallest absolute Gasteiger partial charge is 0.180 e. The Kier molecular flexibility index (Phi) is 6.58. The van der Waals surface area contributed by atoms with E-state index in [2.05, 4.69) is 10.1 Å². The van der Waals surface area contributed by atoms with Gasteiger partial charge in [0.25, 0.3) is 0 Å². The van der Waals surface area contributed by atoms with Crippen LogP contribution in [-0.4, -0.2) is 21.9 Å². The zero-order valence-corrected chi connectivity index (χ0v) is 15.6. The van der Waals surface area contributed by atoms with Crippen LogP contribution in [0.4, 0.5) is 10.1 Å². The van der Waals surface area contributed by atoms with E-state index >= 15 is 0 Å². The lowest BCUT2D eigenvalue weighted by atomic mass is 9.85. The van der Waals surface area contributed by atoms with Crippen molar-refractivity contribution in [3.8, 4) is 0 Å². The second-order valence-electron chi connectivity index (χ2n) is 6.85.